The summed E-state index contributed by atoms with van der Waals surface area (Å²) < 4.78 is 0. The average Bonchev–Trinajstić information content (AvgIpc) is 2.62. The highest BCUT2D eigenvalue weighted by molar-refractivity contribution is 5.44. The van der Waals surface area contributed by atoms with Crippen molar-refractivity contribution in [3.05, 3.63) is 70.8 Å². The molecule has 0 amide bonds. The van der Waals surface area contributed by atoms with E-state index in [1.54, 1.807) is 22.3 Å². The molecule has 98 valence electrons. The van der Waals surface area contributed by atoms with Crippen molar-refractivity contribution >= 4 is 0 Å². The molecule has 0 heterocycles. The number of unbranched alkanes of at least 4 members (excludes halogenated alkanes) is 1. The summed E-state index contributed by atoms with van der Waals surface area (Å²) in [4.78, 5) is 0. The minimum Gasteiger partial charge on any atom is -0.0654 e. The van der Waals surface area contributed by atoms with Gasteiger partial charge in [0.25, 0.3) is 0 Å². The van der Waals surface area contributed by atoms with E-state index in [2.05, 4.69) is 55.5 Å². The van der Waals surface area contributed by atoms with Crippen LogP contribution in [0.2, 0.25) is 0 Å². The summed E-state index contributed by atoms with van der Waals surface area (Å²) >= 11 is 0. The maximum absolute atomic E-state index is 2.34. The molecule has 0 aliphatic heterocycles. The van der Waals surface area contributed by atoms with Crippen molar-refractivity contribution in [1.29, 1.82) is 0 Å². The molecule has 3 rings (SSSR count). The Bertz CT molecular complexity index is 506. The molecule has 0 spiro atoms. The van der Waals surface area contributed by atoms with Gasteiger partial charge in [0, 0.05) is 5.92 Å². The Hall–Kier alpha value is -1.56. The lowest BCUT2D eigenvalue weighted by Gasteiger charge is -2.20. The zero-order valence-electron chi connectivity index (χ0n) is 11.7. The maximum atomic E-state index is 2.34. The van der Waals surface area contributed by atoms with Gasteiger partial charge < -0.3 is 0 Å². The van der Waals surface area contributed by atoms with Crippen LogP contribution >= 0.6 is 0 Å². The summed E-state index contributed by atoms with van der Waals surface area (Å²) in [6.45, 7) is 2.29. The fourth-order valence-electron chi connectivity index (χ4n) is 3.36. The largest absolute Gasteiger partial charge is 0.0654 e. The van der Waals surface area contributed by atoms with E-state index < -0.39 is 0 Å². The normalized spacial score (nSPS) is 14.6. The molecule has 2 aromatic rings. The van der Waals surface area contributed by atoms with Crippen LogP contribution in [0.4, 0.5) is 0 Å². The molecular formula is C19H22. The van der Waals surface area contributed by atoms with Gasteiger partial charge in [0.15, 0.2) is 0 Å². The molecule has 19 heavy (non-hydrogen) atoms. The molecule has 0 fully saturated rings. The first-order valence-electron chi connectivity index (χ1n) is 7.55. The van der Waals surface area contributed by atoms with Gasteiger partial charge in [-0.05, 0) is 41.5 Å². The van der Waals surface area contributed by atoms with Crippen molar-refractivity contribution in [3.8, 4) is 0 Å². The van der Waals surface area contributed by atoms with Crippen LogP contribution in [0, 0.1) is 0 Å². The number of hydrogen-bond acceptors (Lipinski definition) is 0. The van der Waals surface area contributed by atoms with Crippen molar-refractivity contribution < 1.29 is 0 Å². The first kappa shape index (κ1) is 12.5. The zero-order valence-corrected chi connectivity index (χ0v) is 11.7. The molecule has 0 radical (unpaired) electrons. The standard InChI is InChI=1S/C19H22/c1-2-3-10-19-17-11-6-4-8-15(17)13-14-16-9-5-7-12-18(16)19/h4-9,11-12,19H,2-3,10,13-14H2,1H3. The molecule has 0 saturated heterocycles. The van der Waals surface area contributed by atoms with Crippen LogP contribution in [-0.4, -0.2) is 0 Å². The molecular weight excluding hydrogens is 228 g/mol. The van der Waals surface area contributed by atoms with Gasteiger partial charge in [-0.3, -0.25) is 0 Å². The second kappa shape index (κ2) is 5.61. The van der Waals surface area contributed by atoms with Crippen LogP contribution in [0.15, 0.2) is 48.5 Å². The third-order valence-electron chi connectivity index (χ3n) is 4.37. The van der Waals surface area contributed by atoms with Gasteiger partial charge in [-0.25, -0.2) is 0 Å². The van der Waals surface area contributed by atoms with E-state index in [1.807, 2.05) is 0 Å². The molecule has 1 aliphatic carbocycles. The average molecular weight is 250 g/mol. The minimum atomic E-state index is 0.606. The first-order valence-corrected chi connectivity index (χ1v) is 7.55. The number of rotatable bonds is 3. The lowest BCUT2D eigenvalue weighted by molar-refractivity contribution is 0.648. The van der Waals surface area contributed by atoms with E-state index >= 15 is 0 Å². The van der Waals surface area contributed by atoms with Crippen molar-refractivity contribution in [2.45, 2.75) is 44.9 Å². The van der Waals surface area contributed by atoms with E-state index in [0.29, 0.717) is 5.92 Å². The Labute approximate surface area is 116 Å². The smallest absolute Gasteiger partial charge is 0.00947 e. The number of aryl methyl sites for hydroxylation is 2. The molecule has 0 heteroatoms. The van der Waals surface area contributed by atoms with Gasteiger partial charge >= 0.3 is 0 Å². The Kier molecular flexibility index (Phi) is 3.68. The van der Waals surface area contributed by atoms with Crippen LogP contribution < -0.4 is 0 Å². The van der Waals surface area contributed by atoms with Crippen molar-refractivity contribution in [1.82, 2.24) is 0 Å². The molecule has 0 aromatic heterocycles. The van der Waals surface area contributed by atoms with Crippen LogP contribution in [0.1, 0.15) is 54.4 Å². The van der Waals surface area contributed by atoms with E-state index in [0.717, 1.165) is 0 Å². The molecule has 0 unspecified atom stereocenters. The number of fused-ring (bicyclic) bond motifs is 2. The summed E-state index contributed by atoms with van der Waals surface area (Å²) in [5, 5.41) is 0. The van der Waals surface area contributed by atoms with Crippen LogP contribution in [0.3, 0.4) is 0 Å². The number of hydrogen-bond donors (Lipinski definition) is 0. The summed E-state index contributed by atoms with van der Waals surface area (Å²) in [5.41, 5.74) is 6.25. The van der Waals surface area contributed by atoms with Crippen molar-refractivity contribution in [2.75, 3.05) is 0 Å². The number of benzene rings is 2. The third-order valence-corrected chi connectivity index (χ3v) is 4.37. The summed E-state index contributed by atoms with van der Waals surface area (Å²) in [6, 6.07) is 18.1. The molecule has 0 atom stereocenters. The monoisotopic (exact) mass is 250 g/mol. The summed E-state index contributed by atoms with van der Waals surface area (Å²) in [5.74, 6) is 0.606. The van der Waals surface area contributed by atoms with Crippen molar-refractivity contribution in [3.63, 3.8) is 0 Å². The minimum absolute atomic E-state index is 0.606. The molecule has 1 aliphatic rings. The Morgan fingerprint density at radius 1 is 0.842 bits per heavy atom. The van der Waals surface area contributed by atoms with Gasteiger partial charge in [-0.2, -0.15) is 0 Å². The fraction of sp³-hybridized carbons (Fsp3) is 0.368. The fourth-order valence-corrected chi connectivity index (χ4v) is 3.36. The SMILES string of the molecule is CCCCC1c2ccccc2CCc2ccccc21. The van der Waals surface area contributed by atoms with E-state index in [9.17, 15) is 0 Å². The van der Waals surface area contributed by atoms with E-state index in [-0.39, 0.29) is 0 Å². The summed E-state index contributed by atoms with van der Waals surface area (Å²) in [6.07, 6.45) is 6.25. The Morgan fingerprint density at radius 3 is 1.89 bits per heavy atom. The first-order chi connectivity index (χ1) is 9.40. The maximum Gasteiger partial charge on any atom is 0.00947 e. The second-order valence-electron chi connectivity index (χ2n) is 5.59. The van der Waals surface area contributed by atoms with Gasteiger partial charge in [-0.1, -0.05) is 68.3 Å². The van der Waals surface area contributed by atoms with E-state index in [4.69, 9.17) is 0 Å². The quantitative estimate of drug-likeness (QED) is 0.710. The van der Waals surface area contributed by atoms with Crippen molar-refractivity contribution in [2.24, 2.45) is 0 Å². The highest BCUT2D eigenvalue weighted by atomic mass is 14.3. The zero-order chi connectivity index (χ0) is 13.1. The van der Waals surface area contributed by atoms with Gasteiger partial charge in [-0.15, -0.1) is 0 Å². The third kappa shape index (κ3) is 2.45. The molecule has 0 bridgehead atoms. The van der Waals surface area contributed by atoms with Crippen LogP contribution in [0.5, 0.6) is 0 Å². The molecule has 0 nitrogen and oxygen atoms in total. The Morgan fingerprint density at radius 2 is 1.37 bits per heavy atom. The molecule has 0 N–H and O–H groups in total. The lowest BCUT2D eigenvalue weighted by Crippen LogP contribution is -2.03. The summed E-state index contributed by atoms with van der Waals surface area (Å²) in [7, 11) is 0. The van der Waals surface area contributed by atoms with Crippen LogP contribution in [0.25, 0.3) is 0 Å². The Balaban J connectivity index is 2.08. The molecule has 2 aromatic carbocycles. The van der Waals surface area contributed by atoms with Gasteiger partial charge in [0.1, 0.15) is 0 Å². The predicted molar refractivity (Wildman–Crippen MR) is 81.7 cm³/mol. The van der Waals surface area contributed by atoms with Crippen LogP contribution in [-0.2, 0) is 12.8 Å². The second-order valence-corrected chi connectivity index (χ2v) is 5.59. The van der Waals surface area contributed by atoms with E-state index in [1.165, 1.54) is 32.1 Å². The molecule has 0 saturated carbocycles. The highest BCUT2D eigenvalue weighted by Crippen LogP contribution is 2.37. The topological polar surface area (TPSA) is 0 Å². The highest BCUT2D eigenvalue weighted by Gasteiger charge is 2.22. The lowest BCUT2D eigenvalue weighted by atomic mass is 9.84. The predicted octanol–water partition coefficient (Wildman–Crippen LogP) is 5.11. The van der Waals surface area contributed by atoms with Gasteiger partial charge in [0.2, 0.25) is 0 Å². The van der Waals surface area contributed by atoms with Gasteiger partial charge in [0.05, 0.1) is 0 Å².